The SMILES string of the molecule is CCC[CH2][Sn](/[CH]=C\[C@@H]1CCCN1)([CH2]CCC)[CH2]CCC. The quantitative estimate of drug-likeness (QED) is 0.451. The van der Waals surface area contributed by atoms with Crippen LogP contribution in [0.4, 0.5) is 0 Å². The third kappa shape index (κ3) is 6.97. The van der Waals surface area contributed by atoms with Crippen molar-refractivity contribution in [2.75, 3.05) is 6.54 Å². The van der Waals surface area contributed by atoms with Gasteiger partial charge < -0.3 is 0 Å². The summed E-state index contributed by atoms with van der Waals surface area (Å²) in [5, 5.41) is 3.64. The Hall–Kier alpha value is 0.499. The summed E-state index contributed by atoms with van der Waals surface area (Å²) in [6.45, 7) is 8.31. The first-order valence-electron chi connectivity index (χ1n) is 9.19. The summed E-state index contributed by atoms with van der Waals surface area (Å²) < 4.78 is 7.65. The topological polar surface area (TPSA) is 12.0 Å². The molecule has 1 atom stereocenters. The van der Waals surface area contributed by atoms with Gasteiger partial charge in [-0.2, -0.15) is 0 Å². The van der Waals surface area contributed by atoms with Crippen molar-refractivity contribution in [1.29, 1.82) is 0 Å². The van der Waals surface area contributed by atoms with Crippen LogP contribution < -0.4 is 5.32 Å². The van der Waals surface area contributed by atoms with Crippen LogP contribution in [0.1, 0.15) is 72.1 Å². The molecule has 1 N–H and O–H groups in total. The van der Waals surface area contributed by atoms with Crippen molar-refractivity contribution >= 4 is 18.4 Å². The van der Waals surface area contributed by atoms with Gasteiger partial charge in [-0.1, -0.05) is 0 Å². The van der Waals surface area contributed by atoms with Gasteiger partial charge in [0.1, 0.15) is 0 Å². The predicted molar refractivity (Wildman–Crippen MR) is 95.1 cm³/mol. The molecule has 0 aromatic heterocycles. The fourth-order valence-electron chi connectivity index (χ4n) is 3.41. The van der Waals surface area contributed by atoms with Crippen LogP contribution in [0.15, 0.2) is 10.2 Å². The standard InChI is InChI=1S/C6H10N.3C4H9.Sn/c1-2-6-4-3-5-7-6;3*1-3-4-2;/h1-2,6-7H,3-5H2;3*1,3-4H2,2H3;/t6-;;;;/m1..../s1. The summed E-state index contributed by atoms with van der Waals surface area (Å²) in [5.41, 5.74) is 0. The summed E-state index contributed by atoms with van der Waals surface area (Å²) in [7, 11) is 0. The first kappa shape index (κ1) is 18.5. The zero-order chi connectivity index (χ0) is 14.7. The molecule has 1 aliphatic rings. The van der Waals surface area contributed by atoms with Gasteiger partial charge in [0.15, 0.2) is 0 Å². The Morgan fingerprint density at radius 2 is 1.50 bits per heavy atom. The van der Waals surface area contributed by atoms with Crippen molar-refractivity contribution in [3.8, 4) is 0 Å². The molecule has 0 aromatic rings. The van der Waals surface area contributed by atoms with E-state index in [4.69, 9.17) is 0 Å². The molecular weight excluding hydrogens is 349 g/mol. The average molecular weight is 386 g/mol. The van der Waals surface area contributed by atoms with Crippen LogP contribution in [0.3, 0.4) is 0 Å². The number of nitrogens with one attached hydrogen (secondary N) is 1. The Morgan fingerprint density at radius 1 is 0.950 bits per heavy atom. The number of rotatable bonds is 11. The van der Waals surface area contributed by atoms with Crippen LogP contribution in [0, 0.1) is 0 Å². The van der Waals surface area contributed by atoms with Gasteiger partial charge in [-0.3, -0.25) is 0 Å². The van der Waals surface area contributed by atoms with E-state index in [1.54, 1.807) is 13.3 Å². The Kier molecular flexibility index (Phi) is 10.3. The molecule has 0 bridgehead atoms. The molecule has 1 fully saturated rings. The van der Waals surface area contributed by atoms with Crippen molar-refractivity contribution in [2.45, 2.75) is 91.5 Å². The first-order valence-corrected chi connectivity index (χ1v) is 16.9. The van der Waals surface area contributed by atoms with Crippen LogP contribution in [0.25, 0.3) is 0 Å². The molecular formula is C18H37NSn. The molecule has 2 heteroatoms. The zero-order valence-electron chi connectivity index (χ0n) is 14.2. The predicted octanol–water partition coefficient (Wildman–Crippen LogP) is 5.68. The summed E-state index contributed by atoms with van der Waals surface area (Å²) in [4.78, 5) is 0. The van der Waals surface area contributed by atoms with Crippen LogP contribution in [0.2, 0.25) is 13.3 Å². The van der Waals surface area contributed by atoms with E-state index in [0.717, 1.165) is 0 Å². The molecule has 1 aliphatic heterocycles. The summed E-state index contributed by atoms with van der Waals surface area (Å²) in [6.07, 6.45) is 13.9. The van der Waals surface area contributed by atoms with E-state index in [2.05, 4.69) is 36.3 Å². The van der Waals surface area contributed by atoms with Crippen molar-refractivity contribution in [3.05, 3.63) is 10.2 Å². The van der Waals surface area contributed by atoms with E-state index in [0.29, 0.717) is 6.04 Å². The molecule has 0 amide bonds. The van der Waals surface area contributed by atoms with E-state index in [1.807, 2.05) is 0 Å². The number of unbranched alkanes of at least 4 members (excludes halogenated alkanes) is 3. The van der Waals surface area contributed by atoms with Crippen LogP contribution in [0.5, 0.6) is 0 Å². The molecule has 1 saturated heterocycles. The van der Waals surface area contributed by atoms with Gasteiger partial charge >= 0.3 is 132 Å². The second kappa shape index (κ2) is 11.1. The van der Waals surface area contributed by atoms with Crippen molar-refractivity contribution in [1.82, 2.24) is 5.32 Å². The second-order valence-electron chi connectivity index (χ2n) is 6.73. The van der Waals surface area contributed by atoms with Gasteiger partial charge in [0.2, 0.25) is 0 Å². The summed E-state index contributed by atoms with van der Waals surface area (Å²) >= 11 is -1.99. The van der Waals surface area contributed by atoms with Crippen molar-refractivity contribution in [2.24, 2.45) is 0 Å². The normalized spacial score (nSPS) is 20.1. The fraction of sp³-hybridized carbons (Fsp3) is 0.889. The molecule has 0 aliphatic carbocycles. The third-order valence-electron chi connectivity index (χ3n) is 4.87. The number of hydrogen-bond donors (Lipinski definition) is 1. The average Bonchev–Trinajstić information content (AvgIpc) is 2.99. The van der Waals surface area contributed by atoms with Gasteiger partial charge in [0.05, 0.1) is 0 Å². The van der Waals surface area contributed by atoms with Crippen molar-refractivity contribution < 1.29 is 0 Å². The zero-order valence-corrected chi connectivity index (χ0v) is 17.1. The number of hydrogen-bond acceptors (Lipinski definition) is 1. The Labute approximate surface area is 131 Å². The molecule has 20 heavy (non-hydrogen) atoms. The van der Waals surface area contributed by atoms with E-state index in [9.17, 15) is 0 Å². The molecule has 1 nitrogen and oxygen atoms in total. The van der Waals surface area contributed by atoms with E-state index >= 15 is 0 Å². The molecule has 1 heterocycles. The maximum absolute atomic E-state index is 3.64. The molecule has 0 aromatic carbocycles. The van der Waals surface area contributed by atoms with E-state index in [-0.39, 0.29) is 0 Å². The van der Waals surface area contributed by atoms with Crippen LogP contribution in [-0.4, -0.2) is 31.0 Å². The van der Waals surface area contributed by atoms with Crippen molar-refractivity contribution in [3.63, 3.8) is 0 Å². The Morgan fingerprint density at radius 3 is 1.90 bits per heavy atom. The minimum atomic E-state index is -1.99. The summed E-state index contributed by atoms with van der Waals surface area (Å²) in [5.74, 6) is 0. The van der Waals surface area contributed by atoms with Crippen LogP contribution >= 0.6 is 0 Å². The van der Waals surface area contributed by atoms with Gasteiger partial charge in [-0.05, 0) is 0 Å². The molecule has 1 rings (SSSR count). The monoisotopic (exact) mass is 387 g/mol. The molecule has 0 radical (unpaired) electrons. The summed E-state index contributed by atoms with van der Waals surface area (Å²) in [6, 6.07) is 0.705. The molecule has 0 spiro atoms. The fourth-order valence-corrected chi connectivity index (χ4v) is 17.9. The molecule has 0 unspecified atom stereocenters. The van der Waals surface area contributed by atoms with Gasteiger partial charge in [0, 0.05) is 0 Å². The van der Waals surface area contributed by atoms with Gasteiger partial charge in [-0.25, -0.2) is 0 Å². The van der Waals surface area contributed by atoms with Gasteiger partial charge in [0.25, 0.3) is 0 Å². The third-order valence-corrected chi connectivity index (χ3v) is 19.0. The van der Waals surface area contributed by atoms with E-state index < -0.39 is 18.4 Å². The Balaban J connectivity index is 2.69. The first-order chi connectivity index (χ1) is 9.76. The molecule has 118 valence electrons. The Bertz CT molecular complexity index is 234. The van der Waals surface area contributed by atoms with E-state index in [1.165, 1.54) is 57.9 Å². The van der Waals surface area contributed by atoms with Crippen LogP contribution in [-0.2, 0) is 0 Å². The van der Waals surface area contributed by atoms with Gasteiger partial charge in [-0.15, -0.1) is 0 Å². The minimum absolute atomic E-state index is 0.705. The maximum atomic E-state index is 3.64. The molecule has 0 saturated carbocycles. The second-order valence-corrected chi connectivity index (χ2v) is 19.7.